The molecule has 1 aromatic heterocycles. The second-order valence-electron chi connectivity index (χ2n) is 3.67. The van der Waals surface area contributed by atoms with Gasteiger partial charge in [-0.1, -0.05) is 28.2 Å². The Morgan fingerprint density at radius 2 is 2.06 bits per heavy atom. The summed E-state index contributed by atoms with van der Waals surface area (Å²) in [5.41, 5.74) is 0. The summed E-state index contributed by atoms with van der Waals surface area (Å²) < 4.78 is 29.8. The Balaban J connectivity index is 2.08. The van der Waals surface area contributed by atoms with E-state index in [0.29, 0.717) is 13.1 Å². The molecule has 0 amide bonds. The summed E-state index contributed by atoms with van der Waals surface area (Å²) >= 11 is 3.23. The fourth-order valence-corrected chi connectivity index (χ4v) is 2.92. The molecule has 94 valence electrons. The van der Waals surface area contributed by atoms with Crippen molar-refractivity contribution in [3.05, 3.63) is 27.5 Å². The van der Waals surface area contributed by atoms with Crippen LogP contribution in [0.25, 0.3) is 4.72 Å². The van der Waals surface area contributed by atoms with Crippen LogP contribution in [0.1, 0.15) is 0 Å². The zero-order valence-electron chi connectivity index (χ0n) is 9.08. The first-order valence-corrected chi connectivity index (χ1v) is 7.43. The Bertz CT molecular complexity index is 470. The van der Waals surface area contributed by atoms with Crippen molar-refractivity contribution in [2.45, 2.75) is 0 Å². The van der Waals surface area contributed by atoms with Crippen molar-refractivity contribution in [1.29, 1.82) is 0 Å². The van der Waals surface area contributed by atoms with E-state index < -0.39 is 10.2 Å². The van der Waals surface area contributed by atoms with Crippen LogP contribution in [0.4, 0.5) is 5.82 Å². The topological polar surface area (TPSA) is 81.0 Å². The summed E-state index contributed by atoms with van der Waals surface area (Å²) in [5, 5.41) is 2.09. The summed E-state index contributed by atoms with van der Waals surface area (Å²) in [6.45, 7) is 2.57. The lowest BCUT2D eigenvalue weighted by Gasteiger charge is -2.28. The van der Waals surface area contributed by atoms with Crippen molar-refractivity contribution in [2.75, 3.05) is 26.2 Å². The second kappa shape index (κ2) is 5.30. The molecule has 2 rings (SSSR count). The van der Waals surface area contributed by atoms with Gasteiger partial charge in [0.05, 0.1) is 26.2 Å². The quantitative estimate of drug-likeness (QED) is 0.849. The van der Waals surface area contributed by atoms with Gasteiger partial charge in [-0.05, 0) is 11.9 Å². The molecular weight excluding hydrogens is 308 g/mol. The highest BCUT2D eigenvalue weighted by Gasteiger charge is 2.22. The van der Waals surface area contributed by atoms with E-state index in [1.807, 2.05) is 0 Å². The summed E-state index contributed by atoms with van der Waals surface area (Å²) in [4.78, 5) is 3.93. The highest BCUT2D eigenvalue weighted by molar-refractivity contribution is 9.10. The normalized spacial score (nSPS) is 17.9. The number of nitrogens with zero attached hydrogens (tertiary/aromatic N) is 3. The Morgan fingerprint density at radius 3 is 2.65 bits per heavy atom. The van der Waals surface area contributed by atoms with Crippen LogP contribution >= 0.6 is 15.9 Å². The number of halogens is 1. The van der Waals surface area contributed by atoms with E-state index >= 15 is 0 Å². The molecule has 0 radical (unpaired) electrons. The van der Waals surface area contributed by atoms with Crippen molar-refractivity contribution in [3.63, 3.8) is 0 Å². The minimum Gasteiger partial charge on any atom is -0.441 e. The molecule has 1 aliphatic heterocycles. The van der Waals surface area contributed by atoms with E-state index in [9.17, 15) is 8.42 Å². The van der Waals surface area contributed by atoms with Crippen LogP contribution in [-0.2, 0) is 10.2 Å². The number of quaternary nitrogens is 1. The van der Waals surface area contributed by atoms with E-state index in [4.69, 9.17) is 0 Å². The van der Waals surface area contributed by atoms with E-state index in [-0.39, 0.29) is 5.82 Å². The average molecular weight is 321 g/mol. The van der Waals surface area contributed by atoms with Crippen LogP contribution in [0, 0.1) is 0 Å². The van der Waals surface area contributed by atoms with Gasteiger partial charge in [0.2, 0.25) is 10.2 Å². The molecule has 0 unspecified atom stereocenters. The van der Waals surface area contributed by atoms with Crippen LogP contribution in [0.5, 0.6) is 0 Å². The van der Waals surface area contributed by atoms with Gasteiger partial charge in [-0.3, -0.25) is 0 Å². The highest BCUT2D eigenvalue weighted by atomic mass is 79.9. The second-order valence-corrected chi connectivity index (χ2v) is 6.18. The van der Waals surface area contributed by atoms with E-state index in [2.05, 4.69) is 31.0 Å². The molecule has 0 atom stereocenters. The molecule has 0 bridgehead atoms. The number of nitrogens with two attached hydrogens (primary N) is 1. The largest absolute Gasteiger partial charge is 0.441 e. The van der Waals surface area contributed by atoms with Crippen LogP contribution in [0.2, 0.25) is 0 Å². The van der Waals surface area contributed by atoms with Crippen molar-refractivity contribution in [3.8, 4) is 0 Å². The maximum atomic E-state index is 11.9. The number of aromatic nitrogens is 1. The molecule has 1 aliphatic rings. The first kappa shape index (κ1) is 12.7. The van der Waals surface area contributed by atoms with E-state index in [1.54, 1.807) is 12.1 Å². The maximum Gasteiger partial charge on any atom is 0.240 e. The van der Waals surface area contributed by atoms with E-state index in [1.165, 1.54) is 10.5 Å². The molecule has 0 spiro atoms. The minimum atomic E-state index is -3.59. The monoisotopic (exact) mass is 320 g/mol. The Hall–Kier alpha value is -0.700. The first-order chi connectivity index (χ1) is 8.08. The van der Waals surface area contributed by atoms with Crippen LogP contribution in [-0.4, -0.2) is 43.9 Å². The zero-order valence-corrected chi connectivity index (χ0v) is 11.5. The SMILES string of the molecule is O=S(=O)([N-]c1ccc(Br)cn1)N1CC[NH2+]CC1. The summed E-state index contributed by atoms with van der Waals surface area (Å²) in [6, 6.07) is 3.28. The number of rotatable bonds is 3. The lowest BCUT2D eigenvalue weighted by Crippen LogP contribution is -2.89. The first-order valence-electron chi connectivity index (χ1n) is 5.24. The molecule has 8 heteroatoms. The van der Waals surface area contributed by atoms with Crippen molar-refractivity contribution in [2.24, 2.45) is 0 Å². The molecule has 0 aliphatic carbocycles. The van der Waals surface area contributed by atoms with Gasteiger partial charge in [-0.25, -0.2) is 8.42 Å². The van der Waals surface area contributed by atoms with Gasteiger partial charge in [0, 0.05) is 4.47 Å². The minimum absolute atomic E-state index is 0.211. The summed E-state index contributed by atoms with van der Waals surface area (Å²) in [5.74, 6) is 0.211. The Kier molecular flexibility index (Phi) is 3.97. The van der Waals surface area contributed by atoms with Crippen LogP contribution < -0.4 is 5.32 Å². The smallest absolute Gasteiger partial charge is 0.240 e. The summed E-state index contributed by atoms with van der Waals surface area (Å²) in [7, 11) is -3.59. The maximum absolute atomic E-state index is 11.9. The zero-order chi connectivity index (χ0) is 12.3. The molecule has 2 heterocycles. The molecule has 17 heavy (non-hydrogen) atoms. The standard InChI is InChI=1S/C9H12BrN4O2S/c10-8-1-2-9(12-7-8)13-17(15,16)14-5-3-11-4-6-14/h1-2,7,11H,3-6H2/q-1/p+1. The van der Waals surface area contributed by atoms with Crippen molar-refractivity contribution in [1.82, 2.24) is 9.29 Å². The van der Waals surface area contributed by atoms with Gasteiger partial charge in [0.1, 0.15) is 0 Å². The number of hydrogen-bond donors (Lipinski definition) is 1. The average Bonchev–Trinajstić information content (AvgIpc) is 2.33. The van der Waals surface area contributed by atoms with Gasteiger partial charge in [-0.2, -0.15) is 4.31 Å². The number of pyridine rings is 1. The molecule has 2 N–H and O–H groups in total. The molecule has 6 nitrogen and oxygen atoms in total. The highest BCUT2D eigenvalue weighted by Crippen LogP contribution is 2.23. The van der Waals surface area contributed by atoms with Crippen LogP contribution in [0.15, 0.2) is 22.8 Å². The lowest BCUT2D eigenvalue weighted by molar-refractivity contribution is -0.661. The number of hydrogen-bond acceptors (Lipinski definition) is 3. The molecule has 0 saturated carbocycles. The molecule has 1 fully saturated rings. The van der Waals surface area contributed by atoms with E-state index in [0.717, 1.165) is 17.6 Å². The third-order valence-electron chi connectivity index (χ3n) is 2.41. The van der Waals surface area contributed by atoms with Gasteiger partial charge >= 0.3 is 0 Å². The van der Waals surface area contributed by atoms with Gasteiger partial charge in [0.25, 0.3) is 0 Å². The molecular formula is C9H13BrN4O2S. The van der Waals surface area contributed by atoms with Crippen molar-refractivity contribution >= 4 is 32.0 Å². The van der Waals surface area contributed by atoms with Gasteiger partial charge in [0.15, 0.2) is 0 Å². The fourth-order valence-electron chi connectivity index (χ4n) is 1.56. The summed E-state index contributed by atoms with van der Waals surface area (Å²) in [6.07, 6.45) is 1.53. The predicted molar refractivity (Wildman–Crippen MR) is 67.1 cm³/mol. The molecule has 1 aromatic rings. The third kappa shape index (κ3) is 3.38. The van der Waals surface area contributed by atoms with Gasteiger partial charge in [-0.15, -0.1) is 0 Å². The molecule has 0 aromatic carbocycles. The lowest BCUT2D eigenvalue weighted by atomic mass is 10.4. The third-order valence-corrected chi connectivity index (χ3v) is 4.32. The number of piperazine rings is 1. The van der Waals surface area contributed by atoms with Crippen LogP contribution in [0.3, 0.4) is 0 Å². The fraction of sp³-hybridized carbons (Fsp3) is 0.444. The van der Waals surface area contributed by atoms with Crippen molar-refractivity contribution < 1.29 is 13.7 Å². The Morgan fingerprint density at radius 1 is 1.35 bits per heavy atom. The van der Waals surface area contributed by atoms with Gasteiger partial charge < -0.3 is 15.0 Å². The Labute approximate surface area is 109 Å². The predicted octanol–water partition coefficient (Wildman–Crippen LogP) is -0.0269. The molecule has 1 saturated heterocycles.